The van der Waals surface area contributed by atoms with Crippen LogP contribution in [-0.2, 0) is 21.2 Å². The maximum atomic E-state index is 14.4. The molecule has 0 saturated carbocycles. The van der Waals surface area contributed by atoms with E-state index in [-0.39, 0.29) is 17.3 Å². The molecule has 0 N–H and O–H groups in total. The van der Waals surface area contributed by atoms with Crippen molar-refractivity contribution in [2.75, 3.05) is 24.5 Å². The van der Waals surface area contributed by atoms with Gasteiger partial charge in [-0.1, -0.05) is 12.1 Å². The van der Waals surface area contributed by atoms with E-state index in [0.717, 1.165) is 24.1 Å². The van der Waals surface area contributed by atoms with Crippen LogP contribution in [0.2, 0.25) is 0 Å². The normalized spacial score (nSPS) is 20.3. The van der Waals surface area contributed by atoms with Crippen LogP contribution < -0.4 is 4.90 Å². The lowest BCUT2D eigenvalue weighted by Crippen LogP contribution is -2.48. The van der Waals surface area contributed by atoms with Crippen LogP contribution in [0.25, 0.3) is 0 Å². The molecule has 154 valence electrons. The highest BCUT2D eigenvalue weighted by Crippen LogP contribution is 2.33. The van der Waals surface area contributed by atoms with Gasteiger partial charge in [0.15, 0.2) is 0 Å². The molecule has 2 aromatic carbocycles. The van der Waals surface area contributed by atoms with E-state index in [1.807, 2.05) is 6.07 Å². The van der Waals surface area contributed by atoms with Gasteiger partial charge in [0, 0.05) is 19.6 Å². The average molecular weight is 420 g/mol. The van der Waals surface area contributed by atoms with Crippen LogP contribution in [-0.4, -0.2) is 38.3 Å². The van der Waals surface area contributed by atoms with Crippen LogP contribution in [0.4, 0.5) is 14.5 Å². The van der Waals surface area contributed by atoms with E-state index in [4.69, 9.17) is 0 Å². The zero-order chi connectivity index (χ0) is 20.6. The number of carbonyl (C=O) groups is 1. The third-order valence-electron chi connectivity index (χ3n) is 5.62. The van der Waals surface area contributed by atoms with Crippen LogP contribution >= 0.6 is 0 Å². The molecule has 2 aliphatic rings. The smallest absolute Gasteiger partial charge is 0.243 e. The summed E-state index contributed by atoms with van der Waals surface area (Å²) in [6.07, 6.45) is 2.54. The fourth-order valence-corrected chi connectivity index (χ4v) is 5.69. The first kappa shape index (κ1) is 20.0. The van der Waals surface area contributed by atoms with Crippen LogP contribution in [0.5, 0.6) is 0 Å². The van der Waals surface area contributed by atoms with Crippen LogP contribution in [0.1, 0.15) is 24.8 Å². The maximum absolute atomic E-state index is 14.4. The summed E-state index contributed by atoms with van der Waals surface area (Å²) < 4.78 is 54.7. The zero-order valence-corrected chi connectivity index (χ0v) is 16.7. The van der Waals surface area contributed by atoms with Crippen molar-refractivity contribution < 1.29 is 22.0 Å². The first-order chi connectivity index (χ1) is 13.9. The lowest BCUT2D eigenvalue weighted by atomic mass is 9.95. The molecule has 0 spiro atoms. The Morgan fingerprint density at radius 1 is 1.00 bits per heavy atom. The minimum absolute atomic E-state index is 0.00126. The molecule has 0 aliphatic carbocycles. The second kappa shape index (κ2) is 7.84. The molecule has 0 radical (unpaired) electrons. The number of sulfonamides is 1. The quantitative estimate of drug-likeness (QED) is 0.765. The van der Waals surface area contributed by atoms with Gasteiger partial charge in [-0.2, -0.15) is 4.31 Å². The lowest BCUT2D eigenvalue weighted by Gasteiger charge is -2.36. The van der Waals surface area contributed by atoms with Gasteiger partial charge in [-0.15, -0.1) is 0 Å². The highest BCUT2D eigenvalue weighted by molar-refractivity contribution is 7.89. The molecule has 1 unspecified atom stereocenters. The Morgan fingerprint density at radius 2 is 1.76 bits per heavy atom. The summed E-state index contributed by atoms with van der Waals surface area (Å²) in [5.74, 6) is -1.72. The number of para-hydroxylation sites is 1. The van der Waals surface area contributed by atoms with Crippen molar-refractivity contribution >= 4 is 21.6 Å². The van der Waals surface area contributed by atoms with E-state index in [2.05, 4.69) is 0 Å². The number of benzene rings is 2. The number of amides is 1. The van der Waals surface area contributed by atoms with Crippen molar-refractivity contribution in [2.45, 2.75) is 30.6 Å². The number of anilines is 1. The van der Waals surface area contributed by atoms with Gasteiger partial charge in [0.25, 0.3) is 0 Å². The fraction of sp³-hybridized carbons (Fsp3) is 0.381. The van der Waals surface area contributed by atoms with Crippen molar-refractivity contribution in [1.29, 1.82) is 0 Å². The molecule has 29 heavy (non-hydrogen) atoms. The van der Waals surface area contributed by atoms with E-state index in [9.17, 15) is 22.0 Å². The highest BCUT2D eigenvalue weighted by Gasteiger charge is 2.37. The number of aryl methyl sites for hydroxylation is 1. The summed E-state index contributed by atoms with van der Waals surface area (Å²) in [4.78, 5) is 14.7. The minimum Gasteiger partial charge on any atom is -0.309 e. The van der Waals surface area contributed by atoms with Gasteiger partial charge in [-0.05, 0) is 61.6 Å². The Bertz CT molecular complexity index is 1020. The molecule has 1 amide bonds. The summed E-state index contributed by atoms with van der Waals surface area (Å²) in [7, 11) is -3.82. The molecular formula is C21H22F2N2O3S. The molecular weight excluding hydrogens is 398 g/mol. The second-order valence-corrected chi connectivity index (χ2v) is 9.44. The fourth-order valence-electron chi connectivity index (χ4n) is 4.16. The van der Waals surface area contributed by atoms with E-state index >= 15 is 0 Å². The monoisotopic (exact) mass is 420 g/mol. The number of rotatable bonds is 3. The van der Waals surface area contributed by atoms with E-state index in [0.29, 0.717) is 38.0 Å². The predicted molar refractivity (Wildman–Crippen MR) is 105 cm³/mol. The number of nitrogens with zero attached hydrogens (tertiary/aromatic N) is 2. The first-order valence-electron chi connectivity index (χ1n) is 9.72. The third-order valence-corrected chi connectivity index (χ3v) is 7.50. The van der Waals surface area contributed by atoms with Gasteiger partial charge in [-0.25, -0.2) is 17.2 Å². The van der Waals surface area contributed by atoms with E-state index in [1.165, 1.54) is 27.4 Å². The Morgan fingerprint density at radius 3 is 2.52 bits per heavy atom. The van der Waals surface area contributed by atoms with Crippen LogP contribution in [0.15, 0.2) is 47.4 Å². The van der Waals surface area contributed by atoms with Gasteiger partial charge < -0.3 is 4.90 Å². The topological polar surface area (TPSA) is 57.7 Å². The van der Waals surface area contributed by atoms with Crippen molar-refractivity contribution in [3.63, 3.8) is 0 Å². The number of fused-ring (bicyclic) bond motifs is 1. The molecule has 1 saturated heterocycles. The Balaban J connectivity index is 1.57. The van der Waals surface area contributed by atoms with E-state index < -0.39 is 27.6 Å². The van der Waals surface area contributed by atoms with Gasteiger partial charge in [0.1, 0.15) is 11.6 Å². The van der Waals surface area contributed by atoms with Crippen molar-refractivity contribution in [3.8, 4) is 0 Å². The molecule has 4 rings (SSSR count). The number of hydrogen-bond acceptors (Lipinski definition) is 3. The summed E-state index contributed by atoms with van der Waals surface area (Å²) in [6, 6.07) is 9.47. The summed E-state index contributed by atoms with van der Waals surface area (Å²) in [5, 5.41) is 0. The zero-order valence-electron chi connectivity index (χ0n) is 15.9. The number of piperidine rings is 1. The Labute approximate surface area is 169 Å². The Kier molecular flexibility index (Phi) is 5.40. The molecule has 1 fully saturated rings. The second-order valence-electron chi connectivity index (χ2n) is 7.50. The van der Waals surface area contributed by atoms with Gasteiger partial charge in [0.05, 0.1) is 16.5 Å². The minimum atomic E-state index is -3.82. The SMILES string of the molecule is O=C(C1CCCN(S(=O)(=O)c2ccc(F)cc2)C1)N1CCCc2cccc(F)c21. The van der Waals surface area contributed by atoms with Crippen LogP contribution in [0.3, 0.4) is 0 Å². The van der Waals surface area contributed by atoms with Gasteiger partial charge in [-0.3, -0.25) is 4.79 Å². The van der Waals surface area contributed by atoms with E-state index in [1.54, 1.807) is 6.07 Å². The first-order valence-corrected chi connectivity index (χ1v) is 11.2. The largest absolute Gasteiger partial charge is 0.309 e. The molecule has 1 atom stereocenters. The number of hydrogen-bond donors (Lipinski definition) is 0. The molecule has 8 heteroatoms. The summed E-state index contributed by atoms with van der Waals surface area (Å²) >= 11 is 0. The Hall–Kier alpha value is -2.32. The van der Waals surface area contributed by atoms with Crippen molar-refractivity contribution in [2.24, 2.45) is 5.92 Å². The predicted octanol–water partition coefficient (Wildman–Crippen LogP) is 3.34. The standard InChI is InChI=1S/C21H22F2N2O3S/c22-17-8-10-18(11-9-17)29(27,28)24-12-2-6-16(14-24)21(26)25-13-3-5-15-4-1-7-19(23)20(15)25/h1,4,7-11,16H,2-3,5-6,12-14H2. The molecule has 0 bridgehead atoms. The molecule has 2 heterocycles. The van der Waals surface area contributed by atoms with Crippen LogP contribution in [0, 0.1) is 17.6 Å². The summed E-state index contributed by atoms with van der Waals surface area (Å²) in [6.45, 7) is 0.765. The molecule has 0 aromatic heterocycles. The van der Waals surface area contributed by atoms with Crippen molar-refractivity contribution in [3.05, 3.63) is 59.7 Å². The molecule has 2 aliphatic heterocycles. The highest BCUT2D eigenvalue weighted by atomic mass is 32.2. The molecule has 5 nitrogen and oxygen atoms in total. The average Bonchev–Trinajstić information content (AvgIpc) is 2.73. The molecule has 2 aromatic rings. The summed E-state index contributed by atoms with van der Waals surface area (Å²) in [5.41, 5.74) is 1.12. The maximum Gasteiger partial charge on any atom is 0.243 e. The van der Waals surface area contributed by atoms with Crippen molar-refractivity contribution in [1.82, 2.24) is 4.31 Å². The van der Waals surface area contributed by atoms with Gasteiger partial charge >= 0.3 is 0 Å². The third kappa shape index (κ3) is 3.79. The number of halogens is 2. The lowest BCUT2D eigenvalue weighted by molar-refractivity contribution is -0.123. The van der Waals surface area contributed by atoms with Gasteiger partial charge in [0.2, 0.25) is 15.9 Å². The number of carbonyl (C=O) groups excluding carboxylic acids is 1.